The van der Waals surface area contributed by atoms with Crippen molar-refractivity contribution < 1.29 is 19.1 Å². The molecule has 0 bridgehead atoms. The number of carbonyl (C=O) groups excluding carboxylic acids is 2. The minimum atomic E-state index is -0.752. The van der Waals surface area contributed by atoms with E-state index < -0.39 is 23.7 Å². The fourth-order valence-corrected chi connectivity index (χ4v) is 0.973. The Balaban J connectivity index is 4.34. The lowest BCUT2D eigenvalue weighted by Crippen LogP contribution is -2.43. The highest BCUT2D eigenvalue weighted by molar-refractivity contribution is 5.81. The van der Waals surface area contributed by atoms with Crippen LogP contribution < -0.4 is 5.32 Å². The average Bonchev–Trinajstić information content (AvgIpc) is 2.13. The Labute approximate surface area is 95.8 Å². The third kappa shape index (κ3) is 6.06. The number of methoxy groups -OCH3 is 1. The van der Waals surface area contributed by atoms with Crippen LogP contribution in [0.25, 0.3) is 0 Å². The number of rotatable bonds is 4. The summed E-state index contributed by atoms with van der Waals surface area (Å²) >= 11 is 0. The Hall–Kier alpha value is -1.52. The number of amides is 1. The lowest BCUT2D eigenvalue weighted by molar-refractivity contribution is -0.143. The number of ether oxygens (including phenoxy) is 2. The van der Waals surface area contributed by atoms with Crippen molar-refractivity contribution in [1.29, 1.82) is 0 Å². The Morgan fingerprint density at radius 2 is 2.00 bits per heavy atom. The molecular formula is C11H19NO4. The normalized spacial score (nSPS) is 12.5. The Morgan fingerprint density at radius 3 is 2.38 bits per heavy atom. The summed E-state index contributed by atoms with van der Waals surface area (Å²) in [6.07, 6.45) is 1.18. The van der Waals surface area contributed by atoms with Gasteiger partial charge in [-0.2, -0.15) is 0 Å². The summed E-state index contributed by atoms with van der Waals surface area (Å²) in [4.78, 5) is 22.7. The smallest absolute Gasteiger partial charge is 0.408 e. The molecular weight excluding hydrogens is 210 g/mol. The summed E-state index contributed by atoms with van der Waals surface area (Å²) < 4.78 is 9.56. The second kappa shape index (κ2) is 6.15. The standard InChI is InChI=1S/C11H19NO4/c1-6-7-8(9(13)15-5)12-10(14)16-11(2,3)4/h6,8H,1,7H2,2-5H3,(H,12,14). The van der Waals surface area contributed by atoms with Crippen LogP contribution >= 0.6 is 0 Å². The van der Waals surface area contributed by atoms with Gasteiger partial charge in [0.15, 0.2) is 0 Å². The largest absolute Gasteiger partial charge is 0.467 e. The molecule has 0 rings (SSSR count). The van der Waals surface area contributed by atoms with E-state index in [1.165, 1.54) is 13.2 Å². The summed E-state index contributed by atoms with van der Waals surface area (Å²) in [6.45, 7) is 8.73. The molecule has 0 radical (unpaired) electrons. The number of hydrogen-bond acceptors (Lipinski definition) is 4. The van der Waals surface area contributed by atoms with Crippen molar-refractivity contribution in [1.82, 2.24) is 5.32 Å². The van der Waals surface area contributed by atoms with Gasteiger partial charge in [-0.1, -0.05) is 6.08 Å². The van der Waals surface area contributed by atoms with Crippen molar-refractivity contribution in [3.05, 3.63) is 12.7 Å². The maximum absolute atomic E-state index is 11.4. The number of alkyl carbamates (subject to hydrolysis) is 1. The first-order valence-corrected chi connectivity index (χ1v) is 4.98. The molecule has 0 heterocycles. The van der Waals surface area contributed by atoms with Gasteiger partial charge in [0.2, 0.25) is 0 Å². The molecule has 0 saturated heterocycles. The number of nitrogens with one attached hydrogen (secondary N) is 1. The van der Waals surface area contributed by atoms with E-state index >= 15 is 0 Å². The zero-order valence-electron chi connectivity index (χ0n) is 10.2. The predicted octanol–water partition coefficient (Wildman–Crippen LogP) is 1.63. The first-order valence-electron chi connectivity index (χ1n) is 4.98. The predicted molar refractivity (Wildman–Crippen MR) is 60.0 cm³/mol. The highest BCUT2D eigenvalue weighted by Gasteiger charge is 2.23. The third-order valence-corrected chi connectivity index (χ3v) is 1.58. The van der Waals surface area contributed by atoms with Crippen molar-refractivity contribution in [2.45, 2.75) is 38.8 Å². The van der Waals surface area contributed by atoms with E-state index in [0.29, 0.717) is 6.42 Å². The van der Waals surface area contributed by atoms with Gasteiger partial charge in [-0.3, -0.25) is 0 Å². The molecule has 92 valence electrons. The van der Waals surface area contributed by atoms with Gasteiger partial charge in [-0.25, -0.2) is 9.59 Å². The minimum absolute atomic E-state index is 0.298. The molecule has 5 nitrogen and oxygen atoms in total. The Morgan fingerprint density at radius 1 is 1.44 bits per heavy atom. The number of esters is 1. The van der Waals surface area contributed by atoms with E-state index in [2.05, 4.69) is 16.6 Å². The fourth-order valence-electron chi connectivity index (χ4n) is 0.973. The van der Waals surface area contributed by atoms with Crippen LogP contribution in [0.5, 0.6) is 0 Å². The second-order valence-electron chi connectivity index (χ2n) is 4.25. The van der Waals surface area contributed by atoms with Crippen LogP contribution in [0.3, 0.4) is 0 Å². The van der Waals surface area contributed by atoms with E-state index in [1.807, 2.05) is 0 Å². The van der Waals surface area contributed by atoms with Gasteiger partial charge in [0.05, 0.1) is 7.11 Å². The maximum Gasteiger partial charge on any atom is 0.408 e. The summed E-state index contributed by atoms with van der Waals surface area (Å²) in [6, 6.07) is -0.752. The maximum atomic E-state index is 11.4. The second-order valence-corrected chi connectivity index (χ2v) is 4.25. The minimum Gasteiger partial charge on any atom is -0.467 e. The summed E-state index contributed by atoms with van der Waals surface area (Å²) in [5, 5.41) is 2.42. The molecule has 1 amide bonds. The van der Waals surface area contributed by atoms with Gasteiger partial charge in [0.25, 0.3) is 0 Å². The fraction of sp³-hybridized carbons (Fsp3) is 0.636. The molecule has 0 fully saturated rings. The third-order valence-electron chi connectivity index (χ3n) is 1.58. The first kappa shape index (κ1) is 14.5. The van der Waals surface area contributed by atoms with Crippen LogP contribution in [0.2, 0.25) is 0 Å². The van der Waals surface area contributed by atoms with Crippen molar-refractivity contribution in [3.8, 4) is 0 Å². The van der Waals surface area contributed by atoms with Crippen LogP contribution in [-0.4, -0.2) is 30.8 Å². The molecule has 0 aliphatic carbocycles. The molecule has 5 heteroatoms. The van der Waals surface area contributed by atoms with Crippen molar-refractivity contribution in [2.24, 2.45) is 0 Å². The topological polar surface area (TPSA) is 64.6 Å². The molecule has 0 aromatic rings. The van der Waals surface area contributed by atoms with Crippen molar-refractivity contribution in [3.63, 3.8) is 0 Å². The molecule has 0 spiro atoms. The van der Waals surface area contributed by atoms with E-state index in [1.54, 1.807) is 20.8 Å². The average molecular weight is 229 g/mol. The van der Waals surface area contributed by atoms with Crippen LogP contribution in [0.4, 0.5) is 4.79 Å². The molecule has 0 aromatic carbocycles. The molecule has 1 unspecified atom stereocenters. The molecule has 0 aliphatic heterocycles. The van der Waals surface area contributed by atoms with E-state index in [0.717, 1.165) is 0 Å². The molecule has 0 aliphatic rings. The lowest BCUT2D eigenvalue weighted by atomic mass is 10.2. The summed E-state index contributed by atoms with van der Waals surface area (Å²) in [5.74, 6) is -0.522. The lowest BCUT2D eigenvalue weighted by Gasteiger charge is -2.22. The van der Waals surface area contributed by atoms with Crippen LogP contribution in [0.1, 0.15) is 27.2 Å². The van der Waals surface area contributed by atoms with E-state index in [-0.39, 0.29) is 0 Å². The first-order chi connectivity index (χ1) is 7.30. The zero-order valence-corrected chi connectivity index (χ0v) is 10.2. The number of carbonyl (C=O) groups is 2. The summed E-state index contributed by atoms with van der Waals surface area (Å²) in [5.41, 5.74) is -0.598. The summed E-state index contributed by atoms with van der Waals surface area (Å²) in [7, 11) is 1.26. The van der Waals surface area contributed by atoms with Crippen LogP contribution in [0, 0.1) is 0 Å². The van der Waals surface area contributed by atoms with Crippen molar-refractivity contribution >= 4 is 12.1 Å². The van der Waals surface area contributed by atoms with E-state index in [4.69, 9.17) is 4.74 Å². The molecule has 0 aromatic heterocycles. The highest BCUT2D eigenvalue weighted by Crippen LogP contribution is 2.07. The quantitative estimate of drug-likeness (QED) is 0.587. The van der Waals surface area contributed by atoms with Crippen LogP contribution in [-0.2, 0) is 14.3 Å². The molecule has 0 saturated carbocycles. The van der Waals surface area contributed by atoms with Gasteiger partial charge >= 0.3 is 12.1 Å². The van der Waals surface area contributed by atoms with Gasteiger partial charge in [0, 0.05) is 0 Å². The SMILES string of the molecule is C=CCC(NC(=O)OC(C)(C)C)C(=O)OC. The Bertz CT molecular complexity index is 268. The zero-order chi connectivity index (χ0) is 12.8. The Kier molecular flexibility index (Phi) is 5.56. The van der Waals surface area contributed by atoms with Crippen LogP contribution in [0.15, 0.2) is 12.7 Å². The van der Waals surface area contributed by atoms with Gasteiger partial charge in [-0.05, 0) is 27.2 Å². The van der Waals surface area contributed by atoms with Gasteiger partial charge < -0.3 is 14.8 Å². The molecule has 16 heavy (non-hydrogen) atoms. The monoisotopic (exact) mass is 229 g/mol. The molecule has 1 atom stereocenters. The van der Waals surface area contributed by atoms with Gasteiger partial charge in [-0.15, -0.1) is 6.58 Å². The molecule has 1 N–H and O–H groups in total. The van der Waals surface area contributed by atoms with Gasteiger partial charge in [0.1, 0.15) is 11.6 Å². The highest BCUT2D eigenvalue weighted by atomic mass is 16.6. The van der Waals surface area contributed by atoms with E-state index in [9.17, 15) is 9.59 Å². The number of hydrogen-bond donors (Lipinski definition) is 1. The van der Waals surface area contributed by atoms with Crippen molar-refractivity contribution in [2.75, 3.05) is 7.11 Å².